The molecule has 6 heteroatoms. The summed E-state index contributed by atoms with van der Waals surface area (Å²) in [6.07, 6.45) is 0. The predicted molar refractivity (Wildman–Crippen MR) is 82.1 cm³/mol. The van der Waals surface area contributed by atoms with E-state index in [-0.39, 0.29) is 5.97 Å². The highest BCUT2D eigenvalue weighted by molar-refractivity contribution is 9.11. The molecule has 0 amide bonds. The molecule has 0 unspecified atom stereocenters. The molecule has 0 atom stereocenters. The van der Waals surface area contributed by atoms with Crippen molar-refractivity contribution in [1.82, 2.24) is 0 Å². The molecule has 2 aromatic rings. The van der Waals surface area contributed by atoms with Crippen LogP contribution in [0.3, 0.4) is 0 Å². The van der Waals surface area contributed by atoms with E-state index in [0.29, 0.717) is 22.8 Å². The van der Waals surface area contributed by atoms with Crippen LogP contribution in [0.5, 0.6) is 0 Å². The second kappa shape index (κ2) is 6.41. The molecular weight excluding hydrogens is 350 g/mol. The van der Waals surface area contributed by atoms with Gasteiger partial charge in [0.1, 0.15) is 0 Å². The highest BCUT2D eigenvalue weighted by Gasteiger charge is 2.12. The monoisotopic (exact) mass is 359 g/mol. The smallest absolute Gasteiger partial charge is 0.339 e. The van der Waals surface area contributed by atoms with Crippen molar-refractivity contribution in [3.63, 3.8) is 0 Å². The molecule has 0 bridgehead atoms. The second-order valence-electron chi connectivity index (χ2n) is 3.79. The van der Waals surface area contributed by atoms with Crippen LogP contribution in [0.15, 0.2) is 33.4 Å². The number of rotatable bonds is 4. The van der Waals surface area contributed by atoms with Crippen molar-refractivity contribution < 1.29 is 9.53 Å². The molecule has 2 rings (SSSR count). The standard InChI is InChI=1S/C13H11BrClNO2S/c1-18-13(17)10-3-2-9(15)5-11(10)16-6-8-4-12(14)19-7-8/h2-5,7,16H,6H2,1H3. The van der Waals surface area contributed by atoms with Crippen LogP contribution in [0.25, 0.3) is 0 Å². The fourth-order valence-corrected chi connectivity index (χ4v) is 2.97. The largest absolute Gasteiger partial charge is 0.465 e. The van der Waals surface area contributed by atoms with Gasteiger partial charge in [0, 0.05) is 11.6 Å². The first-order valence-corrected chi connectivity index (χ1v) is 7.50. The molecule has 1 aromatic heterocycles. The van der Waals surface area contributed by atoms with Crippen LogP contribution in [-0.2, 0) is 11.3 Å². The summed E-state index contributed by atoms with van der Waals surface area (Å²) >= 11 is 11.0. The Morgan fingerprint density at radius 1 is 1.47 bits per heavy atom. The van der Waals surface area contributed by atoms with Crippen molar-refractivity contribution in [1.29, 1.82) is 0 Å². The zero-order valence-electron chi connectivity index (χ0n) is 10.1. The van der Waals surface area contributed by atoms with Crippen molar-refractivity contribution in [3.05, 3.63) is 49.6 Å². The third-order valence-corrected chi connectivity index (χ3v) is 4.28. The van der Waals surface area contributed by atoms with E-state index in [1.807, 2.05) is 11.4 Å². The minimum absolute atomic E-state index is 0.384. The molecule has 100 valence electrons. The molecule has 0 spiro atoms. The number of benzene rings is 1. The van der Waals surface area contributed by atoms with Gasteiger partial charge in [-0.25, -0.2) is 4.79 Å². The Morgan fingerprint density at radius 3 is 2.89 bits per heavy atom. The molecule has 0 aliphatic heterocycles. The van der Waals surface area contributed by atoms with Gasteiger partial charge in [-0.3, -0.25) is 0 Å². The third-order valence-electron chi connectivity index (χ3n) is 2.49. The Bertz CT molecular complexity index is 600. The highest BCUT2D eigenvalue weighted by Crippen LogP contribution is 2.24. The van der Waals surface area contributed by atoms with Crippen LogP contribution in [0.1, 0.15) is 15.9 Å². The third kappa shape index (κ3) is 3.72. The number of halogens is 2. The summed E-state index contributed by atoms with van der Waals surface area (Å²) in [4.78, 5) is 11.7. The zero-order valence-corrected chi connectivity index (χ0v) is 13.2. The number of hydrogen-bond acceptors (Lipinski definition) is 4. The van der Waals surface area contributed by atoms with Crippen molar-refractivity contribution in [2.24, 2.45) is 0 Å². The fourth-order valence-electron chi connectivity index (χ4n) is 1.59. The molecule has 0 aliphatic rings. The summed E-state index contributed by atoms with van der Waals surface area (Å²) in [6.45, 7) is 0.617. The summed E-state index contributed by atoms with van der Waals surface area (Å²) in [6, 6.07) is 7.06. The number of ether oxygens (including phenoxy) is 1. The van der Waals surface area contributed by atoms with E-state index >= 15 is 0 Å². The van der Waals surface area contributed by atoms with Gasteiger partial charge in [-0.1, -0.05) is 11.6 Å². The van der Waals surface area contributed by atoms with Gasteiger partial charge < -0.3 is 10.1 Å². The Kier molecular flexibility index (Phi) is 4.85. The molecule has 19 heavy (non-hydrogen) atoms. The van der Waals surface area contributed by atoms with Crippen molar-refractivity contribution >= 4 is 50.5 Å². The first-order chi connectivity index (χ1) is 9.10. The summed E-state index contributed by atoms with van der Waals surface area (Å²) < 4.78 is 5.82. The zero-order chi connectivity index (χ0) is 13.8. The van der Waals surface area contributed by atoms with Crippen molar-refractivity contribution in [3.8, 4) is 0 Å². The van der Waals surface area contributed by atoms with E-state index in [4.69, 9.17) is 16.3 Å². The minimum Gasteiger partial charge on any atom is -0.465 e. The minimum atomic E-state index is -0.384. The van der Waals surface area contributed by atoms with Crippen LogP contribution < -0.4 is 5.32 Å². The lowest BCUT2D eigenvalue weighted by molar-refractivity contribution is 0.0602. The normalized spacial score (nSPS) is 10.3. The number of esters is 1. The molecule has 0 radical (unpaired) electrons. The van der Waals surface area contributed by atoms with E-state index < -0.39 is 0 Å². The van der Waals surface area contributed by atoms with Crippen molar-refractivity contribution in [2.45, 2.75) is 6.54 Å². The molecule has 3 nitrogen and oxygen atoms in total. The number of anilines is 1. The number of thiophene rings is 1. The van der Waals surface area contributed by atoms with E-state index in [0.717, 1.165) is 9.35 Å². The molecule has 1 heterocycles. The average Bonchev–Trinajstić information content (AvgIpc) is 2.81. The average molecular weight is 361 g/mol. The number of hydrogen-bond donors (Lipinski definition) is 1. The lowest BCUT2D eigenvalue weighted by atomic mass is 10.1. The van der Waals surface area contributed by atoms with Gasteiger partial charge in [-0.15, -0.1) is 11.3 Å². The van der Waals surface area contributed by atoms with Gasteiger partial charge in [-0.2, -0.15) is 0 Å². The van der Waals surface area contributed by atoms with E-state index in [1.165, 1.54) is 7.11 Å². The molecule has 0 saturated heterocycles. The summed E-state index contributed by atoms with van der Waals surface area (Å²) in [5.41, 5.74) is 2.27. The Labute approximate surface area is 128 Å². The van der Waals surface area contributed by atoms with Crippen LogP contribution in [0.2, 0.25) is 5.02 Å². The van der Waals surface area contributed by atoms with Gasteiger partial charge >= 0.3 is 5.97 Å². The summed E-state index contributed by atoms with van der Waals surface area (Å²) in [7, 11) is 1.36. The van der Waals surface area contributed by atoms with Gasteiger partial charge in [-0.05, 0) is 51.1 Å². The molecule has 0 saturated carbocycles. The molecule has 0 aliphatic carbocycles. The summed E-state index contributed by atoms with van der Waals surface area (Å²) in [5, 5.41) is 5.81. The van der Waals surface area contributed by atoms with Gasteiger partial charge in [0.05, 0.1) is 22.1 Å². The van der Waals surface area contributed by atoms with Gasteiger partial charge in [0.15, 0.2) is 0 Å². The van der Waals surface area contributed by atoms with E-state index in [1.54, 1.807) is 29.5 Å². The van der Waals surface area contributed by atoms with E-state index in [9.17, 15) is 4.79 Å². The van der Waals surface area contributed by atoms with Crippen molar-refractivity contribution in [2.75, 3.05) is 12.4 Å². The first-order valence-electron chi connectivity index (χ1n) is 5.45. The molecule has 0 fully saturated rings. The molecule has 1 N–H and O–H groups in total. The number of nitrogens with one attached hydrogen (secondary N) is 1. The Morgan fingerprint density at radius 2 is 2.26 bits per heavy atom. The molecular formula is C13H11BrClNO2S. The fraction of sp³-hybridized carbons (Fsp3) is 0.154. The Hall–Kier alpha value is -1.04. The van der Waals surface area contributed by atoms with Crippen LogP contribution in [-0.4, -0.2) is 13.1 Å². The maximum atomic E-state index is 11.7. The van der Waals surface area contributed by atoms with E-state index in [2.05, 4.69) is 21.2 Å². The van der Waals surface area contributed by atoms with Gasteiger partial charge in [0.2, 0.25) is 0 Å². The Balaban J connectivity index is 2.18. The second-order valence-corrected chi connectivity index (χ2v) is 6.52. The number of methoxy groups -OCH3 is 1. The van der Waals surface area contributed by atoms with Gasteiger partial charge in [0.25, 0.3) is 0 Å². The number of carbonyl (C=O) groups is 1. The quantitative estimate of drug-likeness (QED) is 0.812. The lowest BCUT2D eigenvalue weighted by Crippen LogP contribution is -2.08. The first kappa shape index (κ1) is 14.4. The predicted octanol–water partition coefficient (Wildman–Crippen LogP) is 4.56. The molecule has 1 aromatic carbocycles. The summed E-state index contributed by atoms with van der Waals surface area (Å²) in [5.74, 6) is -0.384. The SMILES string of the molecule is COC(=O)c1ccc(Cl)cc1NCc1csc(Br)c1. The number of carbonyl (C=O) groups excluding carboxylic acids is 1. The topological polar surface area (TPSA) is 38.3 Å². The lowest BCUT2D eigenvalue weighted by Gasteiger charge is -2.10. The maximum absolute atomic E-state index is 11.7. The van der Waals surface area contributed by atoms with Crippen LogP contribution in [0, 0.1) is 0 Å². The van der Waals surface area contributed by atoms with Crippen LogP contribution in [0.4, 0.5) is 5.69 Å². The highest BCUT2D eigenvalue weighted by atomic mass is 79.9. The maximum Gasteiger partial charge on any atom is 0.339 e. The van der Waals surface area contributed by atoms with Crippen LogP contribution >= 0.6 is 38.9 Å².